The molecule has 0 aromatic carbocycles. The van der Waals surface area contributed by atoms with Gasteiger partial charge in [0.05, 0.1) is 5.56 Å². The molecule has 0 N–H and O–H groups in total. The summed E-state index contributed by atoms with van der Waals surface area (Å²) in [5, 5.41) is 8.52. The van der Waals surface area contributed by atoms with Crippen LogP contribution in [0.1, 0.15) is 5.56 Å². The van der Waals surface area contributed by atoms with E-state index in [1.54, 1.807) is 0 Å². The summed E-state index contributed by atoms with van der Waals surface area (Å²) < 4.78 is 73.7. The summed E-state index contributed by atoms with van der Waals surface area (Å²) in [5.74, 6) is -3.16. The summed E-state index contributed by atoms with van der Waals surface area (Å²) >= 11 is 0. The van der Waals surface area contributed by atoms with E-state index in [9.17, 15) is 26.0 Å². The fourth-order valence-electron chi connectivity index (χ4n) is 0.966. The molecular formula is C7HClF4N2O3S. The van der Waals surface area contributed by atoms with Crippen LogP contribution in [-0.2, 0) is 9.05 Å². The number of halogens is 5. The van der Waals surface area contributed by atoms with Gasteiger partial charge in [-0.3, -0.25) is 0 Å². The van der Waals surface area contributed by atoms with E-state index in [0.717, 1.165) is 0 Å². The lowest BCUT2D eigenvalue weighted by Crippen LogP contribution is -2.19. The SMILES string of the molecule is N#Cc1cc(OC(F)(F)F)nc(F)c1S(=O)(=O)Cl. The molecule has 0 aliphatic heterocycles. The number of hydrogen-bond acceptors (Lipinski definition) is 5. The largest absolute Gasteiger partial charge is 0.574 e. The van der Waals surface area contributed by atoms with E-state index >= 15 is 0 Å². The first-order valence-electron chi connectivity index (χ1n) is 3.85. The van der Waals surface area contributed by atoms with Crippen molar-refractivity contribution < 1.29 is 30.7 Å². The van der Waals surface area contributed by atoms with Crippen LogP contribution in [0, 0.1) is 17.3 Å². The van der Waals surface area contributed by atoms with Crippen molar-refractivity contribution in [3.05, 3.63) is 17.6 Å². The third-order valence-electron chi connectivity index (χ3n) is 1.49. The Labute approximate surface area is 102 Å². The van der Waals surface area contributed by atoms with E-state index in [2.05, 4.69) is 9.72 Å². The first kappa shape index (κ1) is 14.5. The van der Waals surface area contributed by atoms with Gasteiger partial charge in [0.15, 0.2) is 4.90 Å². The van der Waals surface area contributed by atoms with Crippen LogP contribution in [0.4, 0.5) is 17.6 Å². The van der Waals surface area contributed by atoms with Crippen LogP contribution in [0.2, 0.25) is 0 Å². The molecule has 0 aliphatic rings. The highest BCUT2D eigenvalue weighted by Gasteiger charge is 2.33. The molecule has 1 heterocycles. The second-order valence-electron chi connectivity index (χ2n) is 2.73. The third kappa shape index (κ3) is 3.44. The molecule has 0 saturated heterocycles. The van der Waals surface area contributed by atoms with Gasteiger partial charge in [0, 0.05) is 16.7 Å². The number of rotatable bonds is 2. The van der Waals surface area contributed by atoms with E-state index in [-0.39, 0.29) is 0 Å². The lowest BCUT2D eigenvalue weighted by Gasteiger charge is -2.09. The second-order valence-corrected chi connectivity index (χ2v) is 5.23. The molecule has 0 aliphatic carbocycles. The molecule has 0 amide bonds. The number of nitrogens with zero attached hydrogens (tertiary/aromatic N) is 2. The highest BCUT2D eigenvalue weighted by Crippen LogP contribution is 2.28. The van der Waals surface area contributed by atoms with Crippen molar-refractivity contribution in [2.24, 2.45) is 0 Å². The number of alkyl halides is 3. The van der Waals surface area contributed by atoms with Gasteiger partial charge in [0.25, 0.3) is 9.05 Å². The first-order valence-corrected chi connectivity index (χ1v) is 6.16. The van der Waals surface area contributed by atoms with Crippen LogP contribution in [-0.4, -0.2) is 19.8 Å². The van der Waals surface area contributed by atoms with E-state index in [1.165, 1.54) is 6.07 Å². The molecule has 0 unspecified atom stereocenters. The van der Waals surface area contributed by atoms with Crippen LogP contribution in [0.5, 0.6) is 5.88 Å². The molecule has 0 spiro atoms. The zero-order chi connectivity index (χ0) is 14.1. The molecule has 1 aromatic heterocycles. The standard InChI is InChI=1S/C7HClF4N2O3S/c8-18(15,16)5-3(2-13)1-4(14-6(5)9)17-7(10,11)12/h1H. The predicted octanol–water partition coefficient (Wildman–Crippen LogP) is 1.92. The Morgan fingerprint density at radius 1 is 1.44 bits per heavy atom. The Kier molecular flexibility index (Phi) is 3.68. The van der Waals surface area contributed by atoms with Crippen molar-refractivity contribution in [2.75, 3.05) is 0 Å². The Balaban J connectivity index is 3.43. The van der Waals surface area contributed by atoms with Crippen molar-refractivity contribution in [2.45, 2.75) is 11.3 Å². The van der Waals surface area contributed by atoms with Crippen molar-refractivity contribution in [1.82, 2.24) is 4.98 Å². The van der Waals surface area contributed by atoms with Gasteiger partial charge in [0.1, 0.15) is 6.07 Å². The molecule has 0 atom stereocenters. The fourth-order valence-corrected chi connectivity index (χ4v) is 2.02. The Hall–Kier alpha value is -1.60. The molecule has 0 saturated carbocycles. The van der Waals surface area contributed by atoms with E-state index in [4.69, 9.17) is 15.9 Å². The highest BCUT2D eigenvalue weighted by molar-refractivity contribution is 8.13. The first-order chi connectivity index (χ1) is 8.04. The number of nitriles is 1. The maximum absolute atomic E-state index is 13.2. The molecule has 0 bridgehead atoms. The van der Waals surface area contributed by atoms with Gasteiger partial charge < -0.3 is 4.74 Å². The van der Waals surface area contributed by atoms with Gasteiger partial charge in [-0.05, 0) is 0 Å². The predicted molar refractivity (Wildman–Crippen MR) is 48.6 cm³/mol. The zero-order valence-corrected chi connectivity index (χ0v) is 9.57. The van der Waals surface area contributed by atoms with Gasteiger partial charge in [-0.2, -0.15) is 14.6 Å². The highest BCUT2D eigenvalue weighted by atomic mass is 35.7. The summed E-state index contributed by atoms with van der Waals surface area (Å²) in [6.45, 7) is 0. The van der Waals surface area contributed by atoms with Gasteiger partial charge in [-0.15, -0.1) is 13.2 Å². The molecule has 11 heteroatoms. The lowest BCUT2D eigenvalue weighted by atomic mass is 10.3. The molecule has 1 aromatic rings. The number of hydrogen-bond donors (Lipinski definition) is 0. The van der Waals surface area contributed by atoms with Crippen LogP contribution < -0.4 is 4.74 Å². The van der Waals surface area contributed by atoms with Crippen molar-refractivity contribution in [3.63, 3.8) is 0 Å². The summed E-state index contributed by atoms with van der Waals surface area (Å²) in [6, 6.07) is 1.49. The smallest absolute Gasteiger partial charge is 0.388 e. The van der Waals surface area contributed by atoms with Crippen LogP contribution >= 0.6 is 10.7 Å². The quantitative estimate of drug-likeness (QED) is 0.474. The molecule has 5 nitrogen and oxygen atoms in total. The van der Waals surface area contributed by atoms with E-state index < -0.39 is 37.7 Å². The monoisotopic (exact) mass is 304 g/mol. The minimum Gasteiger partial charge on any atom is -0.388 e. The average molecular weight is 305 g/mol. The lowest BCUT2D eigenvalue weighted by molar-refractivity contribution is -0.276. The maximum atomic E-state index is 13.2. The molecule has 0 radical (unpaired) electrons. The summed E-state index contributed by atoms with van der Waals surface area (Å²) in [6.07, 6.45) is -5.16. The molecule has 98 valence electrons. The number of ether oxygens (including phenoxy) is 1. The maximum Gasteiger partial charge on any atom is 0.574 e. The minimum absolute atomic E-state index is 0.311. The second kappa shape index (κ2) is 4.58. The van der Waals surface area contributed by atoms with Crippen LogP contribution in [0.15, 0.2) is 11.0 Å². The van der Waals surface area contributed by atoms with E-state index in [1.807, 2.05) is 0 Å². The Morgan fingerprint density at radius 2 is 2.00 bits per heavy atom. The van der Waals surface area contributed by atoms with Crippen molar-refractivity contribution in [1.29, 1.82) is 5.26 Å². The van der Waals surface area contributed by atoms with Gasteiger partial charge in [0.2, 0.25) is 11.8 Å². The third-order valence-corrected chi connectivity index (χ3v) is 2.83. The average Bonchev–Trinajstić information content (AvgIpc) is 2.11. The summed E-state index contributed by atoms with van der Waals surface area (Å²) in [5.41, 5.74) is -0.947. The van der Waals surface area contributed by atoms with Crippen molar-refractivity contribution >= 4 is 19.7 Å². The summed E-state index contributed by atoms with van der Waals surface area (Å²) in [4.78, 5) is 1.31. The normalized spacial score (nSPS) is 12.0. The molecule has 18 heavy (non-hydrogen) atoms. The van der Waals surface area contributed by atoms with Crippen LogP contribution in [0.25, 0.3) is 0 Å². The van der Waals surface area contributed by atoms with E-state index in [0.29, 0.717) is 6.07 Å². The topological polar surface area (TPSA) is 80.0 Å². The summed E-state index contributed by atoms with van der Waals surface area (Å²) in [7, 11) is 0.150. The molecular weight excluding hydrogens is 304 g/mol. The Morgan fingerprint density at radius 3 is 2.39 bits per heavy atom. The minimum atomic E-state index is -5.16. The molecule has 1 rings (SSSR count). The van der Waals surface area contributed by atoms with Gasteiger partial charge in [-0.1, -0.05) is 0 Å². The number of pyridine rings is 1. The van der Waals surface area contributed by atoms with Gasteiger partial charge >= 0.3 is 6.36 Å². The fraction of sp³-hybridized carbons (Fsp3) is 0.143. The zero-order valence-electron chi connectivity index (χ0n) is 7.99. The van der Waals surface area contributed by atoms with Crippen molar-refractivity contribution in [3.8, 4) is 11.9 Å². The van der Waals surface area contributed by atoms with Crippen LogP contribution in [0.3, 0.4) is 0 Å². The number of aromatic nitrogens is 1. The van der Waals surface area contributed by atoms with Gasteiger partial charge in [-0.25, -0.2) is 8.42 Å². The molecule has 0 fully saturated rings. The Bertz CT molecular complexity index is 623.